The van der Waals surface area contributed by atoms with E-state index in [-0.39, 0.29) is 23.7 Å². The summed E-state index contributed by atoms with van der Waals surface area (Å²) in [5, 5.41) is 3.05. The summed E-state index contributed by atoms with van der Waals surface area (Å²) in [5.74, 6) is 0.151. The number of halogens is 1. The third-order valence-corrected chi connectivity index (χ3v) is 3.98. The Morgan fingerprint density at radius 2 is 1.84 bits per heavy atom. The molecule has 1 aromatic rings. The first-order valence-corrected chi connectivity index (χ1v) is 6.79. The van der Waals surface area contributed by atoms with Crippen molar-refractivity contribution in [3.8, 4) is 0 Å². The summed E-state index contributed by atoms with van der Waals surface area (Å²) in [7, 11) is 0. The van der Waals surface area contributed by atoms with Gasteiger partial charge in [-0.2, -0.15) is 0 Å². The maximum absolute atomic E-state index is 12.2. The van der Waals surface area contributed by atoms with Crippen LogP contribution in [0.4, 0.5) is 0 Å². The standard InChI is InChI=1S/C15H22N2O.ClH/c16-12-15(9-4-5-10-15)14(18)17-11-8-13-6-2-1-3-7-13;/h1-3,6-7H,4-5,8-12,16H2,(H,17,18);1H. The fourth-order valence-corrected chi connectivity index (χ4v) is 2.73. The molecule has 3 N–H and O–H groups in total. The average molecular weight is 283 g/mol. The van der Waals surface area contributed by atoms with E-state index in [9.17, 15) is 4.79 Å². The molecule has 0 heterocycles. The first kappa shape index (κ1) is 16.0. The number of benzene rings is 1. The first-order chi connectivity index (χ1) is 8.77. The van der Waals surface area contributed by atoms with Gasteiger partial charge in [0, 0.05) is 13.1 Å². The van der Waals surface area contributed by atoms with Crippen LogP contribution >= 0.6 is 12.4 Å². The molecule has 19 heavy (non-hydrogen) atoms. The highest BCUT2D eigenvalue weighted by molar-refractivity contribution is 5.85. The van der Waals surface area contributed by atoms with Crippen LogP contribution in [0, 0.1) is 5.41 Å². The number of rotatable bonds is 5. The van der Waals surface area contributed by atoms with E-state index in [0.717, 1.165) is 32.1 Å². The molecule has 4 heteroatoms. The molecule has 0 saturated heterocycles. The molecule has 0 unspecified atom stereocenters. The van der Waals surface area contributed by atoms with Crippen molar-refractivity contribution in [2.45, 2.75) is 32.1 Å². The molecule has 1 saturated carbocycles. The van der Waals surface area contributed by atoms with Crippen LogP contribution in [0.15, 0.2) is 30.3 Å². The lowest BCUT2D eigenvalue weighted by Crippen LogP contribution is -2.44. The molecular weight excluding hydrogens is 260 g/mol. The van der Waals surface area contributed by atoms with Gasteiger partial charge in [-0.05, 0) is 24.8 Å². The number of carbonyl (C=O) groups is 1. The van der Waals surface area contributed by atoms with E-state index >= 15 is 0 Å². The Balaban J connectivity index is 0.00000180. The molecule has 3 nitrogen and oxygen atoms in total. The second-order valence-electron chi connectivity index (χ2n) is 5.18. The van der Waals surface area contributed by atoms with Gasteiger partial charge in [-0.3, -0.25) is 4.79 Å². The normalized spacial score (nSPS) is 16.7. The Bertz CT molecular complexity index is 388. The predicted molar refractivity (Wildman–Crippen MR) is 80.4 cm³/mol. The van der Waals surface area contributed by atoms with Gasteiger partial charge in [-0.1, -0.05) is 43.2 Å². The highest BCUT2D eigenvalue weighted by atomic mass is 35.5. The molecule has 0 aromatic heterocycles. The molecule has 1 amide bonds. The average Bonchev–Trinajstić information content (AvgIpc) is 2.90. The monoisotopic (exact) mass is 282 g/mol. The number of nitrogens with one attached hydrogen (secondary N) is 1. The van der Waals surface area contributed by atoms with E-state index in [1.165, 1.54) is 5.56 Å². The highest BCUT2D eigenvalue weighted by Crippen LogP contribution is 2.37. The van der Waals surface area contributed by atoms with Crippen molar-refractivity contribution in [3.05, 3.63) is 35.9 Å². The van der Waals surface area contributed by atoms with Gasteiger partial charge in [0.15, 0.2) is 0 Å². The van der Waals surface area contributed by atoms with Crippen LogP contribution < -0.4 is 11.1 Å². The van der Waals surface area contributed by atoms with E-state index in [0.29, 0.717) is 13.1 Å². The smallest absolute Gasteiger partial charge is 0.227 e. The third kappa shape index (κ3) is 3.95. The lowest BCUT2D eigenvalue weighted by atomic mass is 9.85. The maximum Gasteiger partial charge on any atom is 0.227 e. The fraction of sp³-hybridized carbons (Fsp3) is 0.533. The molecule has 0 atom stereocenters. The number of hydrogen-bond acceptors (Lipinski definition) is 2. The van der Waals surface area contributed by atoms with Crippen LogP contribution in [-0.4, -0.2) is 19.0 Å². The minimum Gasteiger partial charge on any atom is -0.355 e. The number of nitrogens with two attached hydrogens (primary N) is 1. The molecule has 1 aliphatic carbocycles. The Morgan fingerprint density at radius 1 is 1.21 bits per heavy atom. The van der Waals surface area contributed by atoms with Gasteiger partial charge < -0.3 is 11.1 Å². The van der Waals surface area contributed by atoms with Crippen molar-refractivity contribution in [1.29, 1.82) is 0 Å². The summed E-state index contributed by atoms with van der Waals surface area (Å²) in [6, 6.07) is 10.2. The van der Waals surface area contributed by atoms with Crippen molar-refractivity contribution < 1.29 is 4.79 Å². The fourth-order valence-electron chi connectivity index (χ4n) is 2.73. The molecule has 2 rings (SSSR count). The van der Waals surface area contributed by atoms with Crippen LogP contribution in [0.5, 0.6) is 0 Å². The Morgan fingerprint density at radius 3 is 2.42 bits per heavy atom. The summed E-state index contributed by atoms with van der Waals surface area (Å²) >= 11 is 0. The number of carbonyl (C=O) groups excluding carboxylic acids is 1. The summed E-state index contributed by atoms with van der Waals surface area (Å²) < 4.78 is 0. The largest absolute Gasteiger partial charge is 0.355 e. The van der Waals surface area contributed by atoms with Crippen LogP contribution in [0.2, 0.25) is 0 Å². The van der Waals surface area contributed by atoms with E-state index in [4.69, 9.17) is 5.73 Å². The van der Waals surface area contributed by atoms with Crippen molar-refractivity contribution in [2.75, 3.05) is 13.1 Å². The summed E-state index contributed by atoms with van der Waals surface area (Å²) in [6.45, 7) is 1.18. The molecule has 0 radical (unpaired) electrons. The minimum atomic E-state index is -0.281. The molecule has 1 fully saturated rings. The van der Waals surface area contributed by atoms with Gasteiger partial charge >= 0.3 is 0 Å². The third-order valence-electron chi connectivity index (χ3n) is 3.98. The Labute approximate surface area is 121 Å². The van der Waals surface area contributed by atoms with Gasteiger partial charge in [0.2, 0.25) is 5.91 Å². The van der Waals surface area contributed by atoms with E-state index in [1.54, 1.807) is 0 Å². The van der Waals surface area contributed by atoms with Gasteiger partial charge in [-0.15, -0.1) is 12.4 Å². The minimum absolute atomic E-state index is 0. The van der Waals surface area contributed by atoms with Crippen LogP contribution in [0.3, 0.4) is 0 Å². The molecule has 0 bridgehead atoms. The molecule has 0 spiro atoms. The summed E-state index contributed by atoms with van der Waals surface area (Å²) in [4.78, 5) is 12.2. The van der Waals surface area contributed by atoms with Gasteiger partial charge in [-0.25, -0.2) is 0 Å². The van der Waals surface area contributed by atoms with Crippen LogP contribution in [0.25, 0.3) is 0 Å². The lowest BCUT2D eigenvalue weighted by molar-refractivity contribution is -0.130. The van der Waals surface area contributed by atoms with Crippen LogP contribution in [0.1, 0.15) is 31.2 Å². The molecular formula is C15H23ClN2O. The van der Waals surface area contributed by atoms with Crippen molar-refractivity contribution >= 4 is 18.3 Å². The van der Waals surface area contributed by atoms with Crippen molar-refractivity contribution in [2.24, 2.45) is 11.1 Å². The predicted octanol–water partition coefficient (Wildman–Crippen LogP) is 2.29. The zero-order valence-corrected chi connectivity index (χ0v) is 12.0. The topological polar surface area (TPSA) is 55.1 Å². The second-order valence-corrected chi connectivity index (χ2v) is 5.18. The molecule has 1 aliphatic rings. The summed E-state index contributed by atoms with van der Waals surface area (Å²) in [6.07, 6.45) is 5.03. The zero-order valence-electron chi connectivity index (χ0n) is 11.2. The Hall–Kier alpha value is -1.06. The van der Waals surface area contributed by atoms with E-state index in [2.05, 4.69) is 17.4 Å². The van der Waals surface area contributed by atoms with E-state index in [1.807, 2.05) is 18.2 Å². The maximum atomic E-state index is 12.2. The molecule has 1 aromatic carbocycles. The van der Waals surface area contributed by atoms with Gasteiger partial charge in [0.05, 0.1) is 5.41 Å². The van der Waals surface area contributed by atoms with Crippen molar-refractivity contribution in [1.82, 2.24) is 5.32 Å². The number of hydrogen-bond donors (Lipinski definition) is 2. The van der Waals surface area contributed by atoms with Crippen molar-refractivity contribution in [3.63, 3.8) is 0 Å². The SMILES string of the molecule is Cl.NCC1(C(=O)NCCc2ccccc2)CCCC1. The van der Waals surface area contributed by atoms with Gasteiger partial charge in [0.1, 0.15) is 0 Å². The lowest BCUT2D eigenvalue weighted by Gasteiger charge is -2.25. The quantitative estimate of drug-likeness (QED) is 0.871. The highest BCUT2D eigenvalue weighted by Gasteiger charge is 2.39. The van der Waals surface area contributed by atoms with E-state index < -0.39 is 0 Å². The Kier molecular flexibility index (Phi) is 6.32. The second kappa shape index (κ2) is 7.51. The van der Waals surface area contributed by atoms with Crippen LogP contribution in [-0.2, 0) is 11.2 Å². The molecule has 0 aliphatic heterocycles. The molecule has 106 valence electrons. The number of amides is 1. The van der Waals surface area contributed by atoms with Gasteiger partial charge in [0.25, 0.3) is 0 Å². The zero-order chi connectivity index (χ0) is 12.8. The first-order valence-electron chi connectivity index (χ1n) is 6.79. The summed E-state index contributed by atoms with van der Waals surface area (Å²) in [5.41, 5.74) is 6.77.